The van der Waals surface area contributed by atoms with E-state index in [0.29, 0.717) is 18.4 Å². The second-order valence-corrected chi connectivity index (χ2v) is 7.18. The first-order valence-electron chi connectivity index (χ1n) is 8.06. The van der Waals surface area contributed by atoms with Crippen LogP contribution >= 0.6 is 11.3 Å². The lowest BCUT2D eigenvalue weighted by Crippen LogP contribution is -2.64. The highest BCUT2D eigenvalue weighted by Gasteiger charge is 2.48. The van der Waals surface area contributed by atoms with E-state index in [1.54, 1.807) is 11.3 Å². The Hall–Kier alpha value is -0.940. The standard InChI is InChI=1S/C16H25N3OS/c1-3-19-15(20)7-6-14-16(19,2)8-4-5-9-18(14)10-13-11-21-12-17-13/h11-12,14H,3-10H2,1-2H3/t14-,16-/m0/s1. The van der Waals surface area contributed by atoms with Gasteiger partial charge < -0.3 is 4.90 Å². The number of nitrogens with zero attached hydrogens (tertiary/aromatic N) is 3. The van der Waals surface area contributed by atoms with Gasteiger partial charge in [-0.15, -0.1) is 11.3 Å². The van der Waals surface area contributed by atoms with E-state index in [-0.39, 0.29) is 5.54 Å². The van der Waals surface area contributed by atoms with Crippen molar-refractivity contribution in [1.29, 1.82) is 0 Å². The van der Waals surface area contributed by atoms with E-state index >= 15 is 0 Å². The molecule has 116 valence electrons. The number of hydrogen-bond acceptors (Lipinski definition) is 4. The van der Waals surface area contributed by atoms with Crippen LogP contribution in [0.25, 0.3) is 0 Å². The van der Waals surface area contributed by atoms with Crippen LogP contribution in [0.2, 0.25) is 0 Å². The van der Waals surface area contributed by atoms with E-state index < -0.39 is 0 Å². The monoisotopic (exact) mass is 307 g/mol. The predicted octanol–water partition coefficient (Wildman–Crippen LogP) is 2.90. The first-order valence-corrected chi connectivity index (χ1v) is 9.01. The summed E-state index contributed by atoms with van der Waals surface area (Å²) in [6.07, 6.45) is 5.26. The minimum Gasteiger partial charge on any atom is -0.336 e. The molecule has 0 radical (unpaired) electrons. The van der Waals surface area contributed by atoms with Crippen molar-refractivity contribution in [2.75, 3.05) is 13.1 Å². The summed E-state index contributed by atoms with van der Waals surface area (Å²) in [7, 11) is 0. The molecular weight excluding hydrogens is 282 g/mol. The molecule has 5 heteroatoms. The van der Waals surface area contributed by atoms with E-state index in [1.807, 2.05) is 5.51 Å². The maximum Gasteiger partial charge on any atom is 0.223 e. The van der Waals surface area contributed by atoms with Gasteiger partial charge in [0, 0.05) is 30.9 Å². The maximum absolute atomic E-state index is 12.3. The minimum absolute atomic E-state index is 0.00337. The number of likely N-dealkylation sites (N-methyl/N-ethyl adjacent to an activating group) is 1. The molecule has 0 N–H and O–H groups in total. The van der Waals surface area contributed by atoms with Crippen LogP contribution in [0.5, 0.6) is 0 Å². The number of aromatic nitrogens is 1. The Morgan fingerprint density at radius 1 is 1.48 bits per heavy atom. The highest BCUT2D eigenvalue weighted by atomic mass is 32.1. The van der Waals surface area contributed by atoms with Crippen molar-refractivity contribution in [2.24, 2.45) is 0 Å². The van der Waals surface area contributed by atoms with Gasteiger partial charge in [-0.05, 0) is 46.1 Å². The van der Waals surface area contributed by atoms with Gasteiger partial charge in [-0.25, -0.2) is 4.98 Å². The molecule has 2 fully saturated rings. The normalized spacial score (nSPS) is 31.0. The smallest absolute Gasteiger partial charge is 0.223 e. The number of hydrogen-bond donors (Lipinski definition) is 0. The topological polar surface area (TPSA) is 36.4 Å². The number of piperidine rings is 1. The third kappa shape index (κ3) is 2.73. The molecular formula is C16H25N3OS. The number of rotatable bonds is 3. The maximum atomic E-state index is 12.3. The number of carbonyl (C=O) groups is 1. The van der Waals surface area contributed by atoms with Crippen LogP contribution in [-0.4, -0.2) is 45.4 Å². The van der Waals surface area contributed by atoms with Gasteiger partial charge in [-0.1, -0.05) is 0 Å². The molecule has 21 heavy (non-hydrogen) atoms. The summed E-state index contributed by atoms with van der Waals surface area (Å²) in [6, 6.07) is 0.472. The fraction of sp³-hybridized carbons (Fsp3) is 0.750. The second-order valence-electron chi connectivity index (χ2n) is 6.46. The number of thiazole rings is 1. The second kappa shape index (κ2) is 6.05. The van der Waals surface area contributed by atoms with Crippen molar-refractivity contribution >= 4 is 17.2 Å². The molecule has 1 aromatic heterocycles. The molecule has 0 bridgehead atoms. The van der Waals surface area contributed by atoms with Gasteiger partial charge in [0.15, 0.2) is 0 Å². The molecule has 2 aliphatic heterocycles. The molecule has 0 saturated carbocycles. The lowest BCUT2D eigenvalue weighted by atomic mass is 9.79. The van der Waals surface area contributed by atoms with E-state index in [2.05, 4.69) is 34.0 Å². The number of amides is 1. The highest BCUT2D eigenvalue weighted by Crippen LogP contribution is 2.39. The summed E-state index contributed by atoms with van der Waals surface area (Å²) in [5.74, 6) is 0.340. The summed E-state index contributed by atoms with van der Waals surface area (Å²) in [6.45, 7) is 7.30. The molecule has 3 rings (SSSR count). The first kappa shape index (κ1) is 15.0. The lowest BCUT2D eigenvalue weighted by Gasteiger charge is -2.52. The number of fused-ring (bicyclic) bond motifs is 1. The average molecular weight is 307 g/mol. The number of likely N-dealkylation sites (tertiary alicyclic amines) is 2. The number of carbonyl (C=O) groups excluding carboxylic acids is 1. The van der Waals surface area contributed by atoms with E-state index in [1.165, 1.54) is 18.5 Å². The Bertz CT molecular complexity index is 490. The van der Waals surface area contributed by atoms with Crippen LogP contribution in [0.1, 0.15) is 51.6 Å². The Labute approximate surface area is 131 Å². The highest BCUT2D eigenvalue weighted by molar-refractivity contribution is 7.07. The molecule has 3 heterocycles. The Morgan fingerprint density at radius 2 is 2.33 bits per heavy atom. The fourth-order valence-electron chi connectivity index (χ4n) is 4.25. The molecule has 1 amide bonds. The fourth-order valence-corrected chi connectivity index (χ4v) is 4.80. The molecule has 2 saturated heterocycles. The Balaban J connectivity index is 1.87. The minimum atomic E-state index is -0.00337. The molecule has 0 unspecified atom stereocenters. The van der Waals surface area contributed by atoms with Gasteiger partial charge in [-0.2, -0.15) is 0 Å². The summed E-state index contributed by atoms with van der Waals surface area (Å²) in [5, 5.41) is 2.15. The Kier molecular flexibility index (Phi) is 4.31. The third-order valence-corrected chi connectivity index (χ3v) is 5.89. The summed E-state index contributed by atoms with van der Waals surface area (Å²) in [4.78, 5) is 21.5. The van der Waals surface area contributed by atoms with Crippen LogP contribution in [-0.2, 0) is 11.3 Å². The average Bonchev–Trinajstić information content (AvgIpc) is 2.90. The molecule has 0 aromatic carbocycles. The van der Waals surface area contributed by atoms with Crippen molar-refractivity contribution < 1.29 is 4.79 Å². The van der Waals surface area contributed by atoms with Crippen molar-refractivity contribution in [3.05, 3.63) is 16.6 Å². The van der Waals surface area contributed by atoms with Gasteiger partial charge in [0.05, 0.1) is 16.7 Å². The van der Waals surface area contributed by atoms with Gasteiger partial charge in [0.1, 0.15) is 0 Å². The van der Waals surface area contributed by atoms with Crippen LogP contribution in [0.4, 0.5) is 0 Å². The van der Waals surface area contributed by atoms with Crippen LogP contribution in [0.15, 0.2) is 10.9 Å². The first-order chi connectivity index (χ1) is 10.1. The van der Waals surface area contributed by atoms with Gasteiger partial charge in [0.25, 0.3) is 0 Å². The van der Waals surface area contributed by atoms with E-state index in [4.69, 9.17) is 0 Å². The van der Waals surface area contributed by atoms with Crippen LogP contribution in [0.3, 0.4) is 0 Å². The van der Waals surface area contributed by atoms with Gasteiger partial charge >= 0.3 is 0 Å². The molecule has 1 aromatic rings. The molecule has 2 aliphatic rings. The molecule has 4 nitrogen and oxygen atoms in total. The van der Waals surface area contributed by atoms with Crippen molar-refractivity contribution in [3.8, 4) is 0 Å². The SMILES string of the molecule is CCN1C(=O)CC[C@@H]2N(Cc3cscn3)CCCC[C@@]21C. The van der Waals surface area contributed by atoms with Crippen molar-refractivity contribution in [1.82, 2.24) is 14.8 Å². The lowest BCUT2D eigenvalue weighted by molar-refractivity contribution is -0.146. The summed E-state index contributed by atoms with van der Waals surface area (Å²) in [5.41, 5.74) is 3.08. The zero-order chi connectivity index (χ0) is 14.9. The zero-order valence-corrected chi connectivity index (χ0v) is 13.9. The predicted molar refractivity (Wildman–Crippen MR) is 85.2 cm³/mol. The summed E-state index contributed by atoms with van der Waals surface area (Å²) < 4.78 is 0. The zero-order valence-electron chi connectivity index (χ0n) is 13.0. The largest absolute Gasteiger partial charge is 0.336 e. The molecule has 0 aliphatic carbocycles. The quantitative estimate of drug-likeness (QED) is 0.861. The van der Waals surface area contributed by atoms with E-state index in [0.717, 1.165) is 32.5 Å². The van der Waals surface area contributed by atoms with Crippen molar-refractivity contribution in [3.63, 3.8) is 0 Å². The van der Waals surface area contributed by atoms with Crippen LogP contribution < -0.4 is 0 Å². The Morgan fingerprint density at radius 3 is 3.05 bits per heavy atom. The van der Waals surface area contributed by atoms with Gasteiger partial charge in [-0.3, -0.25) is 9.69 Å². The van der Waals surface area contributed by atoms with Gasteiger partial charge in [0.2, 0.25) is 5.91 Å². The van der Waals surface area contributed by atoms with E-state index in [9.17, 15) is 4.79 Å². The molecule has 0 spiro atoms. The van der Waals surface area contributed by atoms with Crippen LogP contribution in [0, 0.1) is 0 Å². The van der Waals surface area contributed by atoms with Crippen molar-refractivity contribution in [2.45, 2.75) is 64.1 Å². The molecule has 2 atom stereocenters. The third-order valence-electron chi connectivity index (χ3n) is 5.25. The summed E-state index contributed by atoms with van der Waals surface area (Å²) >= 11 is 1.66.